The molecule has 6 aromatic rings. The first-order chi connectivity index (χ1) is 61.8. The topological polar surface area (TPSA) is 513 Å². The maximum atomic E-state index is 10.7. The van der Waals surface area contributed by atoms with Gasteiger partial charge in [0.05, 0.1) is 39.4 Å². The van der Waals surface area contributed by atoms with Gasteiger partial charge in [-0.15, -0.1) is 17.4 Å². The van der Waals surface area contributed by atoms with Gasteiger partial charge in [-0.3, -0.25) is 64.3 Å². The minimum absolute atomic E-state index is 0. The number of pyridine rings is 2. The molecule has 5 unspecified atom stereocenters. The fourth-order valence-electron chi connectivity index (χ4n) is 12.2. The number of halogens is 1. The standard InChI is InChI=1S/C22H23N5S.C15H11BrN4.C8H15NO2S.C7H11NOS.C7H13NS.C5H9NO3.C5H7NO2.C4H6O.C4H8O.C4H9O.C3H8S.CH3NO2.CH2O3.2CO2.2CH4.3K.Zn.H/c1-26-13-17(11-24-26)20-9-18(10-23)25-21-8-15(2-5-19(20)21)12-27-6-7-28-22(14-27)16-3-4-16;1-20-9-11(8-18-20)14-5-12(7-17)19-15-4-10(6-16)2-3-13(14)15;1-2-5-12-8(6-9(10)11)7-3-4-7;9-7-4-10-6(3-8-7)5-1-2-5;1-2-6(1)7-5-8-3-4-9-7;7-5(3-6(8)9)4-1-2-4;7-6(8)4-3-5-1-2-5;5-3-4-1-2-4;1-2-4-5-3-1;1-4(2,3)5;1-2-3-4;1-2(3)4;2-1-4-3;2*2-1-3;;;;;;;/h2,5,8-9,11,13,16,22H,3-4,6-7,12,14H2,1H3;2-5,8-9H,6H2,1H3;7-8H,2-6H2,1H3;5-6H,1-4H2,(H,8,9);6-8H,1-5H2;4-5,7H,1-3H2;3-5H,1-2H2;3-4H,1-2H2;1-4H2;1-3H3;4H,2-3H2,1H3;1H3;1,3H;;;2*1H4;;;;;/q;;;;;;;;;-1;;;;;;;;3*+1;;-1/p-1/b;;;;;;4-3+;;;;;;;;;;;;;;;. The molecule has 8 heterocycles. The summed E-state index contributed by atoms with van der Waals surface area (Å²) in [7, 11) is 4.67. The Morgan fingerprint density at radius 3 is 1.48 bits per heavy atom. The molecule has 0 spiro atoms. The van der Waals surface area contributed by atoms with E-state index < -0.39 is 26.5 Å². The average molecular weight is 2170 g/mol. The number of allylic oxidation sites excluding steroid dienone is 1. The van der Waals surface area contributed by atoms with Crippen LogP contribution in [-0.4, -0.2) is 218 Å². The van der Waals surface area contributed by atoms with Gasteiger partial charge in [0.25, 0.3) is 6.47 Å². The van der Waals surface area contributed by atoms with E-state index >= 15 is 0 Å². The molecule has 0 bridgehead atoms. The Bertz CT molecular complexity index is 4500. The Labute approximate surface area is 967 Å². The zero-order chi connectivity index (χ0) is 95.6. The normalized spacial score (nSPS) is 17.9. The molecule has 7 aliphatic carbocycles. The number of hydrogen-bond acceptors (Lipinski definition) is 33. The summed E-state index contributed by atoms with van der Waals surface area (Å²) in [5.41, 5.74) is 8.26. The van der Waals surface area contributed by atoms with E-state index in [1.54, 1.807) is 54.2 Å². The maximum Gasteiger partial charge on any atom is 1.00 e. The van der Waals surface area contributed by atoms with Crippen LogP contribution in [0.4, 0.5) is 0 Å². The SMILES string of the molecule is C.C.C1CCOC1.C1CSC(C2CC2)CN1.CC(C)(C)[O-].CCCS.CCCSC(C[N+](=O)[O-])C1CC1.C[N+](=O)[O-].Cn1cc(-c2cc(C#N)nc3cc(CBr)ccc23)cn1.Cn1cc(-c2cc(C#N)nc3cc(CN4CCSC(C5CC5)C4)ccc23)cn1.O=C1CSC(C2CC2)CN1.O=C=O.O=C=O.O=CC1CC1.O=CO[O-].O=[N+]([O-])/C=C/C1CC1.O=[N+]([O-])CC(O)C1CC1.[H-].[K+].[K+].[K+].[Zn]. The molecule has 3 N–H and O–H groups in total. The number of aromatic nitrogens is 6. The monoisotopic (exact) mass is 2160 g/mol. The fraction of sp³-hybridized carbons (Fsp3) is 0.633. The van der Waals surface area contributed by atoms with Crippen molar-refractivity contribution in [2.75, 3.05) is 94.8 Å². The molecule has 35 nitrogen and oxygen atoms in total. The average Bonchev–Trinajstić information content (AvgIpc) is 1.73. The van der Waals surface area contributed by atoms with E-state index in [2.05, 4.69) is 143 Å². The number of nitriles is 2. The van der Waals surface area contributed by atoms with E-state index in [4.69, 9.17) is 54.4 Å². The number of aliphatic hydroxyl groups is 1. The third-order valence-corrected chi connectivity index (χ3v) is 26.5. The van der Waals surface area contributed by atoms with Crippen LogP contribution in [0.5, 0.6) is 0 Å². The number of nitrogens with zero attached hydrogens (tertiary/aromatic N) is 13. The minimum atomic E-state index is -0.750. The molecule has 1 amide bonds. The number of alkyl halides is 1. The van der Waals surface area contributed by atoms with Gasteiger partial charge in [-0.1, -0.05) is 89.7 Å². The predicted molar refractivity (Wildman–Crippen MR) is 516 cm³/mol. The van der Waals surface area contributed by atoms with Gasteiger partial charge in [0.15, 0.2) is 7.05 Å². The van der Waals surface area contributed by atoms with Crippen LogP contribution in [-0.2, 0) is 88.6 Å². The van der Waals surface area contributed by atoms with Crippen molar-refractivity contribution in [3.05, 3.63) is 149 Å². The smallest absolute Gasteiger partial charge is 1.00 e. The largest absolute Gasteiger partial charge is 1.00 e. The van der Waals surface area contributed by atoms with Gasteiger partial charge >= 0.3 is 166 Å². The van der Waals surface area contributed by atoms with Gasteiger partial charge in [0.2, 0.25) is 25.2 Å². The van der Waals surface area contributed by atoms with Gasteiger partial charge in [-0.25, -0.2) is 9.97 Å². The number of thioether (sulfide) groups is 4. The van der Waals surface area contributed by atoms with Crippen molar-refractivity contribution < 1.29 is 253 Å². The number of amides is 1. The van der Waals surface area contributed by atoms with E-state index in [0.29, 0.717) is 40.1 Å². The Kier molecular flexibility index (Phi) is 83.1. The summed E-state index contributed by atoms with van der Waals surface area (Å²) in [5.74, 6) is 10.3. The molecule has 135 heavy (non-hydrogen) atoms. The zero-order valence-electron chi connectivity index (χ0n) is 79.4. The molecule has 730 valence electrons. The van der Waals surface area contributed by atoms with Crippen molar-refractivity contribution >= 4 is 128 Å². The van der Waals surface area contributed by atoms with Crippen molar-refractivity contribution in [1.82, 2.24) is 45.1 Å². The second-order valence-electron chi connectivity index (χ2n) is 32.5. The summed E-state index contributed by atoms with van der Waals surface area (Å²) in [5, 5.41) is 105. The van der Waals surface area contributed by atoms with Gasteiger partial charge < -0.3 is 41.9 Å². The second kappa shape index (κ2) is 81.2. The molecule has 7 saturated carbocycles. The molecule has 4 aliphatic heterocycles. The van der Waals surface area contributed by atoms with Gasteiger partial charge in [0.1, 0.15) is 35.9 Å². The van der Waals surface area contributed by atoms with Crippen LogP contribution in [0.3, 0.4) is 0 Å². The van der Waals surface area contributed by atoms with Gasteiger partial charge in [-0.2, -0.15) is 87.8 Å². The Balaban J connectivity index is -0.000000475. The summed E-state index contributed by atoms with van der Waals surface area (Å²) >= 11 is 15.3. The van der Waals surface area contributed by atoms with Crippen molar-refractivity contribution in [2.24, 2.45) is 55.5 Å². The number of rotatable bonds is 22. The van der Waals surface area contributed by atoms with E-state index in [9.17, 15) is 50.3 Å². The Morgan fingerprint density at radius 1 is 0.704 bits per heavy atom. The quantitative estimate of drug-likeness (QED) is 0.0135. The minimum Gasteiger partial charge on any atom is -1.00 e. The van der Waals surface area contributed by atoms with Crippen LogP contribution in [0, 0.1) is 105 Å². The molecule has 17 rings (SSSR count). The maximum absolute atomic E-state index is 10.7. The van der Waals surface area contributed by atoms with E-state index in [0.717, 1.165) is 197 Å². The number of aldehydes is 1. The van der Waals surface area contributed by atoms with E-state index in [1.165, 1.54) is 107 Å². The summed E-state index contributed by atoms with van der Waals surface area (Å²) < 4.78 is 8.48. The number of aryl methyl sites for hydroxylation is 2. The molecule has 11 fully saturated rings. The van der Waals surface area contributed by atoms with Crippen molar-refractivity contribution in [3.63, 3.8) is 0 Å². The van der Waals surface area contributed by atoms with Crippen LogP contribution in [0.1, 0.15) is 189 Å². The molecule has 45 heteroatoms. The molecular weight excluding hydrogens is 2030 g/mol. The third kappa shape index (κ3) is 68.7. The first-order valence-corrected chi connectivity index (χ1v) is 49.0. The number of nitrogens with one attached hydrogen (secondary N) is 2. The number of aliphatic hydroxyl groups excluding tert-OH is 1. The first-order valence-electron chi connectivity index (χ1n) is 43.0. The van der Waals surface area contributed by atoms with Crippen LogP contribution in [0.25, 0.3) is 44.1 Å². The number of carbonyl (C=O) groups excluding carboxylic acids is 7. The van der Waals surface area contributed by atoms with E-state index in [-0.39, 0.29) is 239 Å². The summed E-state index contributed by atoms with van der Waals surface area (Å²) in [6, 6.07) is 20.6. The Hall–Kier alpha value is -3.11. The summed E-state index contributed by atoms with van der Waals surface area (Å²) in [6.45, 7) is 17.5. The van der Waals surface area contributed by atoms with Crippen LogP contribution < -0.4 is 175 Å². The predicted octanol–water partition coefficient (Wildman–Crippen LogP) is 4.79. The number of thiol groups is 1. The van der Waals surface area contributed by atoms with Crippen molar-refractivity contribution in [1.29, 1.82) is 10.5 Å². The number of ether oxygens (including phenoxy) is 1. The number of benzene rings is 2. The fourth-order valence-corrected chi connectivity index (χ4v) is 17.9. The molecular formula is C90H133BrK3N15O20S5Zn. The number of carbonyl (C=O) groups is 3. The Morgan fingerprint density at radius 2 is 1.15 bits per heavy atom. The van der Waals surface area contributed by atoms with Gasteiger partial charge in [0, 0.05) is 174 Å². The molecule has 4 aromatic heterocycles. The number of fused-ring (bicyclic) bond motifs is 2. The number of hydrogen-bond donors (Lipinski definition) is 4. The van der Waals surface area contributed by atoms with Crippen molar-refractivity contribution in [3.8, 4) is 34.4 Å². The van der Waals surface area contributed by atoms with Crippen molar-refractivity contribution in [2.45, 2.75) is 210 Å². The summed E-state index contributed by atoms with van der Waals surface area (Å²) in [6.07, 6.45) is 33.4. The third-order valence-electron chi connectivity index (χ3n) is 19.6. The molecule has 2 aromatic carbocycles. The molecule has 11 aliphatic rings. The first kappa shape index (κ1) is 138. The van der Waals surface area contributed by atoms with Gasteiger partial charge in [-0.05, 0) is 215 Å². The van der Waals surface area contributed by atoms with Crippen LogP contribution >= 0.6 is 75.6 Å². The van der Waals surface area contributed by atoms with E-state index in [1.807, 2.05) is 68.7 Å². The molecule has 4 saturated heterocycles. The molecule has 0 radical (unpaired) electrons. The zero-order valence-corrected chi connectivity index (χ0v) is 96.5. The van der Waals surface area contributed by atoms with Crippen LogP contribution in [0.15, 0.2) is 85.6 Å². The molecule has 5 atom stereocenters. The van der Waals surface area contributed by atoms with Crippen LogP contribution in [0.2, 0.25) is 0 Å². The second-order valence-corrected chi connectivity index (χ2v) is 38.8. The number of nitro groups is 4. The summed E-state index contributed by atoms with van der Waals surface area (Å²) in [4.78, 5) is 113.